The van der Waals surface area contributed by atoms with Gasteiger partial charge in [-0.15, -0.1) is 0 Å². The molecule has 88 valence electrons. The molecule has 2 rings (SSSR count). The van der Waals surface area contributed by atoms with Gasteiger partial charge < -0.3 is 10.2 Å². The van der Waals surface area contributed by atoms with Gasteiger partial charge in [0, 0.05) is 19.1 Å². The zero-order valence-electron chi connectivity index (χ0n) is 10.3. The van der Waals surface area contributed by atoms with Gasteiger partial charge in [-0.2, -0.15) is 0 Å². The van der Waals surface area contributed by atoms with Crippen LogP contribution in [0.3, 0.4) is 0 Å². The van der Waals surface area contributed by atoms with E-state index in [-0.39, 0.29) is 0 Å². The van der Waals surface area contributed by atoms with E-state index in [4.69, 9.17) is 0 Å². The average molecular weight is 210 g/mol. The molecule has 0 aromatic rings. The Bertz CT molecular complexity index is 189. The number of hydrogen-bond donors (Lipinski definition) is 1. The van der Waals surface area contributed by atoms with Gasteiger partial charge in [0.25, 0.3) is 0 Å². The molecule has 1 aliphatic heterocycles. The molecule has 1 heterocycles. The molecule has 0 aromatic heterocycles. The lowest BCUT2D eigenvalue weighted by molar-refractivity contribution is 0.221. The maximum absolute atomic E-state index is 3.64. The van der Waals surface area contributed by atoms with Crippen LogP contribution in [0.25, 0.3) is 0 Å². The molecule has 1 saturated carbocycles. The molecule has 1 aliphatic carbocycles. The molecule has 0 bridgehead atoms. The summed E-state index contributed by atoms with van der Waals surface area (Å²) >= 11 is 0. The zero-order chi connectivity index (χ0) is 10.7. The smallest absolute Gasteiger partial charge is 0.0192 e. The highest BCUT2D eigenvalue weighted by atomic mass is 15.2. The molecule has 0 radical (unpaired) electrons. The molecular formula is C13H26N2. The summed E-state index contributed by atoms with van der Waals surface area (Å²) in [4.78, 5) is 2.69. The van der Waals surface area contributed by atoms with E-state index in [9.17, 15) is 0 Å². The number of hydrogen-bond acceptors (Lipinski definition) is 2. The lowest BCUT2D eigenvalue weighted by Crippen LogP contribution is -2.39. The van der Waals surface area contributed by atoms with Crippen LogP contribution in [0.1, 0.15) is 39.5 Å². The molecule has 2 nitrogen and oxygen atoms in total. The maximum atomic E-state index is 3.64. The van der Waals surface area contributed by atoms with E-state index in [1.165, 1.54) is 51.9 Å². The summed E-state index contributed by atoms with van der Waals surface area (Å²) in [5.74, 6) is 1.99. The summed E-state index contributed by atoms with van der Waals surface area (Å²) in [5, 5.41) is 3.64. The fourth-order valence-corrected chi connectivity index (χ4v) is 2.74. The Hall–Kier alpha value is -0.0800. The highest BCUT2D eigenvalue weighted by Gasteiger charge is 2.29. The van der Waals surface area contributed by atoms with Gasteiger partial charge in [0.15, 0.2) is 0 Å². The molecule has 15 heavy (non-hydrogen) atoms. The van der Waals surface area contributed by atoms with Gasteiger partial charge in [-0.1, -0.05) is 13.8 Å². The van der Waals surface area contributed by atoms with Crippen molar-refractivity contribution in [2.75, 3.05) is 26.2 Å². The van der Waals surface area contributed by atoms with Gasteiger partial charge >= 0.3 is 0 Å². The molecule has 2 fully saturated rings. The van der Waals surface area contributed by atoms with E-state index in [0.717, 1.165) is 17.9 Å². The van der Waals surface area contributed by atoms with Crippen LogP contribution >= 0.6 is 0 Å². The van der Waals surface area contributed by atoms with Gasteiger partial charge in [-0.25, -0.2) is 0 Å². The first-order chi connectivity index (χ1) is 7.29. The Balaban J connectivity index is 1.78. The molecule has 0 spiro atoms. The SMILES string of the molecule is CCC1CN(CC(C)C2CC2)CCCN1. The van der Waals surface area contributed by atoms with Crippen molar-refractivity contribution in [3.05, 3.63) is 0 Å². The Morgan fingerprint density at radius 3 is 2.87 bits per heavy atom. The van der Waals surface area contributed by atoms with Crippen LogP contribution in [0.2, 0.25) is 0 Å². The summed E-state index contributed by atoms with van der Waals surface area (Å²) in [5.41, 5.74) is 0. The average Bonchev–Trinajstić information content (AvgIpc) is 3.05. The first-order valence-corrected chi connectivity index (χ1v) is 6.75. The summed E-state index contributed by atoms with van der Waals surface area (Å²) in [6.45, 7) is 9.87. The fraction of sp³-hybridized carbons (Fsp3) is 1.00. The van der Waals surface area contributed by atoms with Crippen LogP contribution in [0.4, 0.5) is 0 Å². The van der Waals surface area contributed by atoms with E-state index in [1.807, 2.05) is 0 Å². The fourth-order valence-electron chi connectivity index (χ4n) is 2.74. The molecule has 2 aliphatic rings. The van der Waals surface area contributed by atoms with Gasteiger partial charge in [0.2, 0.25) is 0 Å². The normalized spacial score (nSPS) is 31.2. The first-order valence-electron chi connectivity index (χ1n) is 6.75. The molecule has 2 heteroatoms. The molecule has 0 aromatic carbocycles. The highest BCUT2D eigenvalue weighted by molar-refractivity contribution is 4.83. The first kappa shape index (κ1) is 11.4. The molecule has 1 N–H and O–H groups in total. The third-order valence-corrected chi connectivity index (χ3v) is 4.03. The standard InChI is InChI=1S/C13H26N2/c1-3-13-10-15(8-4-7-14-13)9-11(2)12-5-6-12/h11-14H,3-10H2,1-2H3. The third kappa shape index (κ3) is 3.46. The largest absolute Gasteiger partial charge is 0.313 e. The van der Waals surface area contributed by atoms with Crippen molar-refractivity contribution in [2.45, 2.75) is 45.6 Å². The summed E-state index contributed by atoms with van der Waals surface area (Å²) < 4.78 is 0. The number of rotatable bonds is 4. The zero-order valence-corrected chi connectivity index (χ0v) is 10.3. The third-order valence-electron chi connectivity index (χ3n) is 4.03. The second kappa shape index (κ2) is 5.31. The van der Waals surface area contributed by atoms with Crippen LogP contribution in [0, 0.1) is 11.8 Å². The summed E-state index contributed by atoms with van der Waals surface area (Å²) in [6.07, 6.45) is 5.58. The van der Waals surface area contributed by atoms with Gasteiger partial charge in [-0.05, 0) is 50.6 Å². The minimum atomic E-state index is 0.735. The van der Waals surface area contributed by atoms with Crippen LogP contribution in [0.15, 0.2) is 0 Å². The molecule has 1 saturated heterocycles. The Morgan fingerprint density at radius 2 is 2.20 bits per heavy atom. The van der Waals surface area contributed by atoms with Crippen LogP contribution in [-0.2, 0) is 0 Å². The second-order valence-corrected chi connectivity index (χ2v) is 5.49. The Labute approximate surface area is 94.4 Å². The van der Waals surface area contributed by atoms with Crippen molar-refractivity contribution in [3.8, 4) is 0 Å². The lowest BCUT2D eigenvalue weighted by Gasteiger charge is -2.26. The van der Waals surface area contributed by atoms with E-state index in [2.05, 4.69) is 24.1 Å². The summed E-state index contributed by atoms with van der Waals surface area (Å²) in [7, 11) is 0. The van der Waals surface area contributed by atoms with Crippen molar-refractivity contribution < 1.29 is 0 Å². The number of nitrogens with zero attached hydrogens (tertiary/aromatic N) is 1. The van der Waals surface area contributed by atoms with E-state index in [1.54, 1.807) is 0 Å². The summed E-state index contributed by atoms with van der Waals surface area (Å²) in [6, 6.07) is 0.735. The van der Waals surface area contributed by atoms with E-state index >= 15 is 0 Å². The minimum absolute atomic E-state index is 0.735. The van der Waals surface area contributed by atoms with Crippen LogP contribution in [-0.4, -0.2) is 37.1 Å². The maximum Gasteiger partial charge on any atom is 0.0192 e. The van der Waals surface area contributed by atoms with Gasteiger partial charge in [0.1, 0.15) is 0 Å². The predicted molar refractivity (Wildman–Crippen MR) is 65.0 cm³/mol. The van der Waals surface area contributed by atoms with Gasteiger partial charge in [0.05, 0.1) is 0 Å². The van der Waals surface area contributed by atoms with Crippen molar-refractivity contribution in [2.24, 2.45) is 11.8 Å². The molecule has 2 atom stereocenters. The number of nitrogens with one attached hydrogen (secondary N) is 1. The van der Waals surface area contributed by atoms with Crippen LogP contribution in [0.5, 0.6) is 0 Å². The molecule has 0 amide bonds. The predicted octanol–water partition coefficient (Wildman–Crippen LogP) is 2.11. The van der Waals surface area contributed by atoms with Gasteiger partial charge in [-0.3, -0.25) is 0 Å². The Kier molecular flexibility index (Phi) is 4.04. The highest BCUT2D eigenvalue weighted by Crippen LogP contribution is 2.36. The van der Waals surface area contributed by atoms with E-state index in [0.29, 0.717) is 0 Å². The van der Waals surface area contributed by atoms with Crippen molar-refractivity contribution >= 4 is 0 Å². The minimum Gasteiger partial charge on any atom is -0.313 e. The molecule has 2 unspecified atom stereocenters. The quantitative estimate of drug-likeness (QED) is 0.764. The van der Waals surface area contributed by atoms with Crippen molar-refractivity contribution in [1.29, 1.82) is 0 Å². The molecular weight excluding hydrogens is 184 g/mol. The lowest BCUT2D eigenvalue weighted by atomic mass is 10.1. The monoisotopic (exact) mass is 210 g/mol. The Morgan fingerprint density at radius 1 is 1.40 bits per heavy atom. The van der Waals surface area contributed by atoms with Crippen LogP contribution < -0.4 is 5.32 Å². The van der Waals surface area contributed by atoms with E-state index < -0.39 is 0 Å². The second-order valence-electron chi connectivity index (χ2n) is 5.49. The topological polar surface area (TPSA) is 15.3 Å². The van der Waals surface area contributed by atoms with Crippen molar-refractivity contribution in [1.82, 2.24) is 10.2 Å². The van der Waals surface area contributed by atoms with Crippen molar-refractivity contribution in [3.63, 3.8) is 0 Å².